The lowest BCUT2D eigenvalue weighted by Crippen LogP contribution is -2.28. The molecule has 9 heteroatoms. The van der Waals surface area contributed by atoms with E-state index < -0.39 is 30.6 Å². The summed E-state index contributed by atoms with van der Waals surface area (Å²) in [4.78, 5) is 21.3. The zero-order valence-corrected chi connectivity index (χ0v) is 10.7. The lowest BCUT2D eigenvalue weighted by Gasteiger charge is -2.14. The Morgan fingerprint density at radius 1 is 1.00 bits per heavy atom. The molecule has 2 rings (SSSR count). The fourth-order valence-corrected chi connectivity index (χ4v) is 1.61. The molecule has 9 nitrogen and oxygen atoms in total. The Morgan fingerprint density at radius 2 is 1.45 bits per heavy atom. The molecule has 2 aliphatic heterocycles. The van der Waals surface area contributed by atoms with E-state index in [1.807, 2.05) is 0 Å². The molecule has 0 aliphatic carbocycles. The van der Waals surface area contributed by atoms with Crippen LogP contribution in [0.25, 0.3) is 0 Å². The molecule has 0 saturated carbocycles. The van der Waals surface area contributed by atoms with Gasteiger partial charge in [-0.05, 0) is 0 Å². The molecule has 2 unspecified atom stereocenters. The van der Waals surface area contributed by atoms with Crippen LogP contribution in [0.5, 0.6) is 0 Å². The van der Waals surface area contributed by atoms with Crippen LogP contribution < -0.4 is 0 Å². The van der Waals surface area contributed by atoms with Crippen LogP contribution in [0.1, 0.15) is 0 Å². The van der Waals surface area contributed by atoms with E-state index in [1.165, 1.54) is 0 Å². The van der Waals surface area contributed by atoms with Gasteiger partial charge < -0.3 is 33.5 Å². The average Bonchev–Trinajstić information content (AvgIpc) is 2.99. The quantitative estimate of drug-likeness (QED) is 0.589. The van der Waals surface area contributed by atoms with Crippen LogP contribution in [0, 0.1) is 0 Å². The number of carbonyl (C=O) groups is 2. The zero-order chi connectivity index (χ0) is 14.4. The van der Waals surface area contributed by atoms with Crippen molar-refractivity contribution in [3.63, 3.8) is 0 Å². The predicted octanol–water partition coefficient (Wildman–Crippen LogP) is -0.549. The van der Waals surface area contributed by atoms with Crippen molar-refractivity contribution < 1.29 is 43.1 Å². The summed E-state index contributed by atoms with van der Waals surface area (Å²) < 4.78 is 29.0. The summed E-state index contributed by atoms with van der Waals surface area (Å²) in [5.41, 5.74) is 0. The van der Waals surface area contributed by atoms with Crippen LogP contribution in [-0.2, 0) is 28.4 Å². The fourth-order valence-electron chi connectivity index (χ4n) is 1.61. The average molecular weight is 292 g/mol. The van der Waals surface area contributed by atoms with Gasteiger partial charge in [-0.25, -0.2) is 9.59 Å². The summed E-state index contributed by atoms with van der Waals surface area (Å²) in [6.45, 7) is 0.675. The first-order valence-electron chi connectivity index (χ1n) is 6.14. The second-order valence-corrected chi connectivity index (χ2v) is 4.33. The molecule has 0 bridgehead atoms. The molecule has 0 aromatic heterocycles. The van der Waals surface area contributed by atoms with Gasteiger partial charge in [0.15, 0.2) is 12.2 Å². The summed E-state index contributed by atoms with van der Waals surface area (Å²) in [5.74, 6) is 0. The highest BCUT2D eigenvalue weighted by atomic mass is 16.8. The highest BCUT2D eigenvalue weighted by molar-refractivity contribution is 5.62. The van der Waals surface area contributed by atoms with Gasteiger partial charge in [0.25, 0.3) is 0 Å². The molecule has 20 heavy (non-hydrogen) atoms. The van der Waals surface area contributed by atoms with Crippen molar-refractivity contribution in [2.45, 2.75) is 18.3 Å². The van der Waals surface area contributed by atoms with Crippen LogP contribution in [0.3, 0.4) is 0 Å². The van der Waals surface area contributed by atoms with Crippen LogP contribution in [0.4, 0.5) is 9.59 Å². The van der Waals surface area contributed by atoms with E-state index in [-0.39, 0.29) is 39.6 Å². The molecule has 0 spiro atoms. The SMILES string of the molecule is O=C1OCC(COCC(O)COCC2COC(=O)O2)O1. The third-order valence-corrected chi connectivity index (χ3v) is 2.53. The lowest BCUT2D eigenvalue weighted by atomic mass is 10.4. The Balaban J connectivity index is 1.47. The third-order valence-electron chi connectivity index (χ3n) is 2.53. The first-order valence-corrected chi connectivity index (χ1v) is 6.14. The van der Waals surface area contributed by atoms with Gasteiger partial charge in [0.1, 0.15) is 19.3 Å². The molecule has 0 radical (unpaired) electrons. The van der Waals surface area contributed by atoms with Gasteiger partial charge >= 0.3 is 12.3 Å². The number of aliphatic hydroxyl groups excluding tert-OH is 1. The summed E-state index contributed by atoms with van der Waals surface area (Å²) >= 11 is 0. The van der Waals surface area contributed by atoms with E-state index >= 15 is 0 Å². The number of hydrogen-bond donors (Lipinski definition) is 1. The highest BCUT2D eigenvalue weighted by Gasteiger charge is 2.26. The molecular weight excluding hydrogens is 276 g/mol. The van der Waals surface area contributed by atoms with Crippen molar-refractivity contribution in [2.75, 3.05) is 39.6 Å². The standard InChI is InChI=1S/C11H16O9/c12-7(1-15-3-8-5-17-10(13)19-8)2-16-4-9-6-18-11(14)20-9/h7-9,12H,1-6H2. The monoisotopic (exact) mass is 292 g/mol. The van der Waals surface area contributed by atoms with Gasteiger partial charge in [-0.2, -0.15) is 0 Å². The van der Waals surface area contributed by atoms with E-state index in [0.29, 0.717) is 0 Å². The van der Waals surface area contributed by atoms with E-state index in [2.05, 4.69) is 9.47 Å². The van der Waals surface area contributed by atoms with Gasteiger partial charge in [-0.3, -0.25) is 0 Å². The molecule has 0 amide bonds. The van der Waals surface area contributed by atoms with Crippen LogP contribution >= 0.6 is 0 Å². The topological polar surface area (TPSA) is 110 Å². The normalized spacial score (nSPS) is 26.6. The van der Waals surface area contributed by atoms with Gasteiger partial charge in [-0.15, -0.1) is 0 Å². The first kappa shape index (κ1) is 14.8. The van der Waals surface area contributed by atoms with E-state index in [1.54, 1.807) is 0 Å². The Hall–Kier alpha value is -1.58. The number of cyclic esters (lactones) is 4. The predicted molar refractivity (Wildman–Crippen MR) is 60.1 cm³/mol. The molecule has 2 atom stereocenters. The third kappa shape index (κ3) is 4.83. The van der Waals surface area contributed by atoms with E-state index in [0.717, 1.165) is 0 Å². The van der Waals surface area contributed by atoms with E-state index in [9.17, 15) is 14.7 Å². The smallest absolute Gasteiger partial charge is 0.430 e. The van der Waals surface area contributed by atoms with Crippen LogP contribution in [-0.4, -0.2) is 75.4 Å². The number of ether oxygens (including phenoxy) is 6. The minimum absolute atomic E-state index is 0.0367. The number of carbonyl (C=O) groups excluding carboxylic acids is 2. The molecule has 0 aromatic carbocycles. The minimum atomic E-state index is -0.828. The van der Waals surface area contributed by atoms with Gasteiger partial charge in [0.2, 0.25) is 0 Å². The molecule has 2 saturated heterocycles. The molecular formula is C11H16O9. The second kappa shape index (κ2) is 7.27. The molecule has 114 valence electrons. The second-order valence-electron chi connectivity index (χ2n) is 4.33. The van der Waals surface area contributed by atoms with Gasteiger partial charge in [0, 0.05) is 0 Å². The maximum absolute atomic E-state index is 10.6. The Labute approximate surface area is 114 Å². The molecule has 2 aliphatic rings. The van der Waals surface area contributed by atoms with Crippen LogP contribution in [0.2, 0.25) is 0 Å². The number of rotatable bonds is 8. The van der Waals surface area contributed by atoms with Gasteiger partial charge in [0.05, 0.1) is 26.4 Å². The minimum Gasteiger partial charge on any atom is -0.430 e. The Kier molecular flexibility index (Phi) is 5.39. The maximum atomic E-state index is 10.6. The van der Waals surface area contributed by atoms with Crippen molar-refractivity contribution in [2.24, 2.45) is 0 Å². The maximum Gasteiger partial charge on any atom is 0.508 e. The first-order chi connectivity index (χ1) is 9.63. The number of hydrogen-bond acceptors (Lipinski definition) is 9. The molecule has 1 N–H and O–H groups in total. The number of aliphatic hydroxyl groups is 1. The molecule has 2 fully saturated rings. The molecule has 2 heterocycles. The zero-order valence-electron chi connectivity index (χ0n) is 10.7. The van der Waals surface area contributed by atoms with Crippen molar-refractivity contribution >= 4 is 12.3 Å². The summed E-state index contributed by atoms with van der Waals surface area (Å²) in [6.07, 6.45) is -3.13. The van der Waals surface area contributed by atoms with Gasteiger partial charge in [-0.1, -0.05) is 0 Å². The van der Waals surface area contributed by atoms with E-state index in [4.69, 9.17) is 18.9 Å². The largest absolute Gasteiger partial charge is 0.508 e. The Bertz CT molecular complexity index is 313. The van der Waals surface area contributed by atoms with Crippen molar-refractivity contribution in [1.82, 2.24) is 0 Å². The molecule has 0 aromatic rings. The summed E-state index contributed by atoms with van der Waals surface area (Å²) in [5, 5.41) is 9.57. The van der Waals surface area contributed by atoms with Crippen LogP contribution in [0.15, 0.2) is 0 Å². The van der Waals surface area contributed by atoms with Crippen molar-refractivity contribution in [1.29, 1.82) is 0 Å². The summed E-state index contributed by atoms with van der Waals surface area (Å²) in [6, 6.07) is 0. The fraction of sp³-hybridized carbons (Fsp3) is 0.818. The van der Waals surface area contributed by atoms with Crippen molar-refractivity contribution in [3.05, 3.63) is 0 Å². The van der Waals surface area contributed by atoms with Crippen molar-refractivity contribution in [3.8, 4) is 0 Å². The highest BCUT2D eigenvalue weighted by Crippen LogP contribution is 2.07. The summed E-state index contributed by atoms with van der Waals surface area (Å²) in [7, 11) is 0. The lowest BCUT2D eigenvalue weighted by molar-refractivity contribution is -0.0464. The Morgan fingerprint density at radius 3 is 1.80 bits per heavy atom.